The lowest BCUT2D eigenvalue weighted by Gasteiger charge is -2.23. The van der Waals surface area contributed by atoms with E-state index in [9.17, 15) is 9.90 Å². The summed E-state index contributed by atoms with van der Waals surface area (Å²) in [5, 5.41) is 13.0. The maximum absolute atomic E-state index is 13.0. The van der Waals surface area contributed by atoms with Gasteiger partial charge in [-0.3, -0.25) is 9.69 Å². The Morgan fingerprint density at radius 2 is 2.09 bits per heavy atom. The number of hydrogen-bond acceptors (Lipinski definition) is 6. The Balaban J connectivity index is 1.61. The van der Waals surface area contributed by atoms with Crippen molar-refractivity contribution in [1.29, 1.82) is 0 Å². The number of aromatic amines is 1. The van der Waals surface area contributed by atoms with Gasteiger partial charge in [-0.1, -0.05) is 30.3 Å². The van der Waals surface area contributed by atoms with Gasteiger partial charge < -0.3 is 14.5 Å². The first-order valence-corrected chi connectivity index (χ1v) is 11.5. The molecule has 2 N–H and O–H groups in total. The van der Waals surface area contributed by atoms with Crippen LogP contribution in [-0.2, 0) is 13.1 Å². The van der Waals surface area contributed by atoms with Gasteiger partial charge in [0, 0.05) is 17.5 Å². The van der Waals surface area contributed by atoms with E-state index in [-0.39, 0.29) is 5.56 Å². The van der Waals surface area contributed by atoms with Crippen LogP contribution in [0.15, 0.2) is 69.9 Å². The monoisotopic (exact) mass is 449 g/mol. The van der Waals surface area contributed by atoms with Gasteiger partial charge in [-0.25, -0.2) is 4.98 Å². The SMILES string of the molecule is C=CCCC(O)CN(Cc1nc2scc(-c3ccccc3C)c2c(=O)[nH]1)Cc1ccco1. The fourth-order valence-corrected chi connectivity index (χ4v) is 4.82. The third kappa shape index (κ3) is 5.07. The Morgan fingerprint density at radius 3 is 2.84 bits per heavy atom. The standard InChI is InChI=1S/C25H27N3O3S/c1-3-4-9-18(29)13-28(14-19-10-7-12-31-19)15-22-26-24(30)23-21(16-32-25(23)27-22)20-11-6-5-8-17(20)2/h3,5-8,10-12,16,18,29H,1,4,9,13-15H2,2H3,(H,26,27,30). The molecule has 0 fully saturated rings. The number of fused-ring (bicyclic) bond motifs is 1. The van der Waals surface area contributed by atoms with E-state index < -0.39 is 6.10 Å². The molecule has 1 unspecified atom stereocenters. The molecule has 0 saturated heterocycles. The lowest BCUT2D eigenvalue weighted by atomic mass is 10.0. The molecule has 7 heteroatoms. The maximum atomic E-state index is 13.0. The number of aliphatic hydroxyl groups is 1. The van der Waals surface area contributed by atoms with Gasteiger partial charge in [-0.05, 0) is 43.0 Å². The van der Waals surface area contributed by atoms with Crippen molar-refractivity contribution in [2.24, 2.45) is 0 Å². The summed E-state index contributed by atoms with van der Waals surface area (Å²) in [4.78, 5) is 23.5. The van der Waals surface area contributed by atoms with Crippen LogP contribution in [0.1, 0.15) is 30.0 Å². The molecule has 0 aliphatic heterocycles. The van der Waals surface area contributed by atoms with Crippen molar-refractivity contribution in [1.82, 2.24) is 14.9 Å². The van der Waals surface area contributed by atoms with Crippen LogP contribution in [0.4, 0.5) is 0 Å². The minimum Gasteiger partial charge on any atom is -0.468 e. The lowest BCUT2D eigenvalue weighted by Crippen LogP contribution is -2.32. The van der Waals surface area contributed by atoms with Gasteiger partial charge in [-0.15, -0.1) is 17.9 Å². The van der Waals surface area contributed by atoms with Crippen LogP contribution in [0.2, 0.25) is 0 Å². The molecule has 0 saturated carbocycles. The minimum absolute atomic E-state index is 0.144. The number of nitrogens with one attached hydrogen (secondary N) is 1. The molecule has 4 rings (SSSR count). The molecule has 0 amide bonds. The van der Waals surface area contributed by atoms with Gasteiger partial charge in [-0.2, -0.15) is 0 Å². The van der Waals surface area contributed by atoms with E-state index in [0.29, 0.717) is 42.1 Å². The lowest BCUT2D eigenvalue weighted by molar-refractivity contribution is 0.0931. The first kappa shape index (κ1) is 22.2. The average Bonchev–Trinajstić information content (AvgIpc) is 3.43. The molecule has 32 heavy (non-hydrogen) atoms. The van der Waals surface area contributed by atoms with E-state index in [0.717, 1.165) is 28.9 Å². The van der Waals surface area contributed by atoms with Crippen LogP contribution in [0.3, 0.4) is 0 Å². The van der Waals surface area contributed by atoms with Gasteiger partial charge in [0.25, 0.3) is 5.56 Å². The van der Waals surface area contributed by atoms with E-state index in [1.807, 2.05) is 53.6 Å². The Labute approximate surface area is 190 Å². The third-order valence-electron chi connectivity index (χ3n) is 5.43. The van der Waals surface area contributed by atoms with Gasteiger partial charge in [0.05, 0.1) is 30.8 Å². The Hall–Kier alpha value is -3.00. The predicted molar refractivity (Wildman–Crippen MR) is 129 cm³/mol. The van der Waals surface area contributed by atoms with Crippen molar-refractivity contribution in [2.75, 3.05) is 6.54 Å². The van der Waals surface area contributed by atoms with Crippen molar-refractivity contribution in [3.8, 4) is 11.1 Å². The molecule has 0 radical (unpaired) electrons. The third-order valence-corrected chi connectivity index (χ3v) is 6.31. The number of furan rings is 1. The zero-order valence-corrected chi connectivity index (χ0v) is 18.9. The smallest absolute Gasteiger partial charge is 0.260 e. The number of nitrogens with zero attached hydrogens (tertiary/aromatic N) is 2. The summed E-state index contributed by atoms with van der Waals surface area (Å²) in [6.07, 6.45) is 4.30. The van der Waals surface area contributed by atoms with Crippen LogP contribution < -0.4 is 5.56 Å². The van der Waals surface area contributed by atoms with E-state index in [1.165, 1.54) is 11.3 Å². The normalized spacial score (nSPS) is 12.5. The van der Waals surface area contributed by atoms with Crippen molar-refractivity contribution < 1.29 is 9.52 Å². The van der Waals surface area contributed by atoms with Gasteiger partial charge in [0.1, 0.15) is 16.4 Å². The molecule has 1 atom stereocenters. The first-order valence-electron chi connectivity index (χ1n) is 10.6. The number of hydrogen-bond donors (Lipinski definition) is 2. The number of rotatable bonds is 10. The molecule has 6 nitrogen and oxygen atoms in total. The van der Waals surface area contributed by atoms with Crippen molar-refractivity contribution in [3.05, 3.63) is 88.2 Å². The summed E-state index contributed by atoms with van der Waals surface area (Å²) < 4.78 is 5.49. The molecule has 3 heterocycles. The summed E-state index contributed by atoms with van der Waals surface area (Å²) in [5.74, 6) is 1.37. The highest BCUT2D eigenvalue weighted by atomic mass is 32.1. The fourth-order valence-electron chi connectivity index (χ4n) is 3.86. The molecule has 0 aliphatic carbocycles. The summed E-state index contributed by atoms with van der Waals surface area (Å²) in [7, 11) is 0. The summed E-state index contributed by atoms with van der Waals surface area (Å²) >= 11 is 1.47. The molecule has 3 aromatic heterocycles. The minimum atomic E-state index is -0.507. The van der Waals surface area contributed by atoms with E-state index in [2.05, 4.69) is 11.6 Å². The second kappa shape index (κ2) is 10.1. The highest BCUT2D eigenvalue weighted by molar-refractivity contribution is 7.17. The highest BCUT2D eigenvalue weighted by Gasteiger charge is 2.18. The van der Waals surface area contributed by atoms with Crippen molar-refractivity contribution in [3.63, 3.8) is 0 Å². The van der Waals surface area contributed by atoms with Crippen LogP contribution in [-0.4, -0.2) is 32.6 Å². The zero-order chi connectivity index (χ0) is 22.5. The number of benzene rings is 1. The van der Waals surface area contributed by atoms with Crippen LogP contribution >= 0.6 is 11.3 Å². The summed E-state index contributed by atoms with van der Waals surface area (Å²) in [5.41, 5.74) is 2.93. The summed E-state index contributed by atoms with van der Waals surface area (Å²) in [6.45, 7) is 7.11. The number of aliphatic hydroxyl groups excluding tert-OH is 1. The molecular weight excluding hydrogens is 422 g/mol. The molecule has 4 aromatic rings. The van der Waals surface area contributed by atoms with E-state index in [1.54, 1.807) is 12.3 Å². The van der Waals surface area contributed by atoms with Crippen LogP contribution in [0.5, 0.6) is 0 Å². The number of H-pyrrole nitrogens is 1. The molecular formula is C25H27N3O3S. The predicted octanol–water partition coefficient (Wildman–Crippen LogP) is 4.88. The Morgan fingerprint density at radius 1 is 1.25 bits per heavy atom. The van der Waals surface area contributed by atoms with E-state index in [4.69, 9.17) is 9.40 Å². The second-order valence-corrected chi connectivity index (χ2v) is 8.78. The Kier molecular flexibility index (Phi) is 6.99. The van der Waals surface area contributed by atoms with Crippen molar-refractivity contribution >= 4 is 21.6 Å². The van der Waals surface area contributed by atoms with Crippen LogP contribution in [0, 0.1) is 6.92 Å². The summed E-state index contributed by atoms with van der Waals surface area (Å²) in [6, 6.07) is 11.8. The van der Waals surface area contributed by atoms with Crippen LogP contribution in [0.25, 0.3) is 21.3 Å². The molecule has 0 aliphatic rings. The van der Waals surface area contributed by atoms with E-state index >= 15 is 0 Å². The number of aryl methyl sites for hydroxylation is 1. The number of allylic oxidation sites excluding steroid dienone is 1. The number of thiophene rings is 1. The Bertz CT molecular complexity index is 1240. The van der Waals surface area contributed by atoms with Gasteiger partial charge in [0.15, 0.2) is 0 Å². The molecule has 0 spiro atoms. The second-order valence-electron chi connectivity index (χ2n) is 7.93. The highest BCUT2D eigenvalue weighted by Crippen LogP contribution is 2.32. The topological polar surface area (TPSA) is 82.4 Å². The molecule has 166 valence electrons. The first-order chi connectivity index (χ1) is 15.5. The maximum Gasteiger partial charge on any atom is 0.260 e. The largest absolute Gasteiger partial charge is 0.468 e. The van der Waals surface area contributed by atoms with Crippen molar-refractivity contribution in [2.45, 2.75) is 39.0 Å². The van der Waals surface area contributed by atoms with Gasteiger partial charge >= 0.3 is 0 Å². The fraction of sp³-hybridized carbons (Fsp3) is 0.280. The quantitative estimate of drug-likeness (QED) is 0.337. The van der Waals surface area contributed by atoms with Gasteiger partial charge in [0.2, 0.25) is 0 Å². The average molecular weight is 450 g/mol. The zero-order valence-electron chi connectivity index (χ0n) is 18.1. The number of aromatic nitrogens is 2. The molecule has 1 aromatic carbocycles. The molecule has 0 bridgehead atoms.